The summed E-state index contributed by atoms with van der Waals surface area (Å²) in [6.07, 6.45) is 31.4. The first-order chi connectivity index (χ1) is 47.5. The molecule has 0 amide bonds. The third-order valence-electron chi connectivity index (χ3n) is 21.1. The Balaban J connectivity index is 0.000000174. The maximum Gasteiger partial charge on any atom is 0.0499 e. The van der Waals surface area contributed by atoms with Gasteiger partial charge in [-0.05, 0) is 119 Å². The Hall–Kier alpha value is -8.60. The van der Waals surface area contributed by atoms with Crippen molar-refractivity contribution in [3.05, 3.63) is 218 Å². The van der Waals surface area contributed by atoms with Crippen LogP contribution in [0.4, 0.5) is 0 Å². The smallest absolute Gasteiger partial charge is 0.0499 e. The highest BCUT2D eigenvalue weighted by atomic mass is 15.0. The van der Waals surface area contributed by atoms with Crippen LogP contribution < -0.4 is 0 Å². The van der Waals surface area contributed by atoms with Gasteiger partial charge in [-0.1, -0.05) is 326 Å². The van der Waals surface area contributed by atoms with E-state index in [9.17, 15) is 0 Å². The normalized spacial score (nSPS) is 11.9. The second-order valence-corrected chi connectivity index (χ2v) is 27.8. The summed E-state index contributed by atoms with van der Waals surface area (Å²) in [5.41, 5.74) is 21.3. The molecule has 10 aromatic carbocycles. The average Bonchev–Trinajstić information content (AvgIpc) is 1.57. The molecule has 0 radical (unpaired) electrons. The number of nitrogens with zero attached hydrogens (tertiary/aromatic N) is 4. The number of benzene rings is 10. The number of hydrogen-bond donors (Lipinski definition) is 0. The molecule has 492 valence electrons. The molecule has 0 aliphatic rings. The third kappa shape index (κ3) is 14.7. The zero-order chi connectivity index (χ0) is 65.4. The lowest BCUT2D eigenvalue weighted by atomic mass is 10.0. The molecule has 4 aromatic heterocycles. The highest BCUT2D eigenvalue weighted by molar-refractivity contribution is 6.20. The molecule has 4 heteroatoms. The standard InChI is InChI=1S/2C46H52N2/c2*1-3-5-7-9-11-19-29-47-43-31-37(35-21-15-13-16-22-35)25-27-39(43)41-34-46-42(33-45(41)47)40-28-26-38(36-23-17-14-18-24-36)32-44(40)48(46)30-20-12-10-8-6-4-2/h2*13-18,21-28,31-34H,3-12,19-20,29-30H2,1-2H3. The summed E-state index contributed by atoms with van der Waals surface area (Å²) in [6, 6.07) is 82.3. The van der Waals surface area contributed by atoms with Crippen molar-refractivity contribution in [1.82, 2.24) is 18.3 Å². The van der Waals surface area contributed by atoms with Gasteiger partial charge < -0.3 is 18.3 Å². The highest BCUT2D eigenvalue weighted by Gasteiger charge is 2.21. The molecule has 0 bridgehead atoms. The molecule has 4 nitrogen and oxygen atoms in total. The predicted molar refractivity (Wildman–Crippen MR) is 420 cm³/mol. The molecule has 0 saturated carbocycles. The van der Waals surface area contributed by atoms with Crippen molar-refractivity contribution < 1.29 is 0 Å². The van der Waals surface area contributed by atoms with Crippen molar-refractivity contribution in [3.8, 4) is 44.5 Å². The van der Waals surface area contributed by atoms with Crippen molar-refractivity contribution in [3.63, 3.8) is 0 Å². The lowest BCUT2D eigenvalue weighted by Crippen LogP contribution is -1.99. The second kappa shape index (κ2) is 32.4. The van der Waals surface area contributed by atoms with Gasteiger partial charge in [-0.15, -0.1) is 0 Å². The number of hydrogen-bond acceptors (Lipinski definition) is 0. The molecular formula is C92H104N4. The van der Waals surface area contributed by atoms with Crippen molar-refractivity contribution in [1.29, 1.82) is 0 Å². The molecule has 4 heterocycles. The Morgan fingerprint density at radius 2 is 0.354 bits per heavy atom. The number of rotatable bonds is 32. The van der Waals surface area contributed by atoms with Gasteiger partial charge in [-0.25, -0.2) is 0 Å². The Bertz CT molecular complexity index is 4190. The Morgan fingerprint density at radius 1 is 0.167 bits per heavy atom. The molecule has 14 aromatic rings. The second-order valence-electron chi connectivity index (χ2n) is 27.8. The van der Waals surface area contributed by atoms with E-state index < -0.39 is 0 Å². The van der Waals surface area contributed by atoms with Crippen LogP contribution in [0.2, 0.25) is 0 Å². The fourth-order valence-electron chi connectivity index (χ4n) is 15.8. The minimum Gasteiger partial charge on any atom is -0.340 e. The van der Waals surface area contributed by atoms with Crippen LogP contribution in [0.25, 0.3) is 132 Å². The van der Waals surface area contributed by atoms with E-state index in [2.05, 4.69) is 264 Å². The van der Waals surface area contributed by atoms with E-state index in [1.807, 2.05) is 0 Å². The summed E-state index contributed by atoms with van der Waals surface area (Å²) in [5, 5.41) is 11.0. The molecule has 0 saturated heterocycles. The molecule has 14 rings (SSSR count). The zero-order valence-corrected chi connectivity index (χ0v) is 58.4. The van der Waals surface area contributed by atoms with E-state index in [0.29, 0.717) is 0 Å². The summed E-state index contributed by atoms with van der Waals surface area (Å²) in [5.74, 6) is 0. The Morgan fingerprint density at radius 3 is 0.562 bits per heavy atom. The monoisotopic (exact) mass is 1260 g/mol. The highest BCUT2D eigenvalue weighted by Crippen LogP contribution is 2.43. The first-order valence-corrected chi connectivity index (χ1v) is 37.8. The minimum absolute atomic E-state index is 1.06. The van der Waals surface area contributed by atoms with Crippen LogP contribution in [-0.4, -0.2) is 18.3 Å². The van der Waals surface area contributed by atoms with Gasteiger partial charge in [0.25, 0.3) is 0 Å². The largest absolute Gasteiger partial charge is 0.340 e. The number of unbranched alkanes of at least 4 members (excludes halogenated alkanes) is 20. The molecule has 0 atom stereocenters. The molecule has 96 heavy (non-hydrogen) atoms. The maximum absolute atomic E-state index is 2.64. The van der Waals surface area contributed by atoms with Crippen LogP contribution in [-0.2, 0) is 26.2 Å². The van der Waals surface area contributed by atoms with Crippen LogP contribution in [0.1, 0.15) is 182 Å². The molecule has 0 aliphatic heterocycles. The van der Waals surface area contributed by atoms with Gasteiger partial charge in [0.05, 0.1) is 0 Å². The van der Waals surface area contributed by atoms with Gasteiger partial charge in [0, 0.05) is 113 Å². The van der Waals surface area contributed by atoms with Gasteiger partial charge in [-0.2, -0.15) is 0 Å². The van der Waals surface area contributed by atoms with Crippen LogP contribution in [0, 0.1) is 0 Å². The van der Waals surface area contributed by atoms with Gasteiger partial charge in [0.1, 0.15) is 0 Å². The first-order valence-electron chi connectivity index (χ1n) is 37.8. The van der Waals surface area contributed by atoms with E-state index >= 15 is 0 Å². The summed E-state index contributed by atoms with van der Waals surface area (Å²) in [4.78, 5) is 0. The average molecular weight is 1270 g/mol. The van der Waals surface area contributed by atoms with Crippen molar-refractivity contribution in [2.24, 2.45) is 0 Å². The SMILES string of the molecule is CCCCCCCCn1c2cc(-c3ccccc3)ccc2c2cc3c(cc21)c1ccc(-c2ccccc2)cc1n3CCCCCCCC.CCCCCCCCn1c2cc(-c3ccccc3)ccc2c2cc3c(cc21)c1ccc(-c2ccccc2)cc1n3CCCCCCCC. The Kier molecular flexibility index (Phi) is 22.3. The first kappa shape index (κ1) is 66.0. The third-order valence-corrected chi connectivity index (χ3v) is 21.1. The summed E-state index contributed by atoms with van der Waals surface area (Å²) >= 11 is 0. The lowest BCUT2D eigenvalue weighted by Gasteiger charge is -2.10. The molecule has 0 spiro atoms. The van der Waals surface area contributed by atoms with Gasteiger partial charge >= 0.3 is 0 Å². The van der Waals surface area contributed by atoms with Crippen molar-refractivity contribution >= 4 is 87.2 Å². The van der Waals surface area contributed by atoms with E-state index in [4.69, 9.17) is 0 Å². The number of aryl methyl sites for hydroxylation is 4. The van der Waals surface area contributed by atoms with E-state index in [0.717, 1.165) is 26.2 Å². The summed E-state index contributed by atoms with van der Waals surface area (Å²) in [7, 11) is 0. The van der Waals surface area contributed by atoms with Crippen molar-refractivity contribution in [2.75, 3.05) is 0 Å². The Labute approximate surface area is 573 Å². The number of fused-ring (bicyclic) bond motifs is 12. The van der Waals surface area contributed by atoms with E-state index in [1.165, 1.54) is 286 Å². The number of aromatic nitrogens is 4. The van der Waals surface area contributed by atoms with E-state index in [1.54, 1.807) is 0 Å². The van der Waals surface area contributed by atoms with E-state index in [-0.39, 0.29) is 0 Å². The van der Waals surface area contributed by atoms with Crippen LogP contribution in [0.15, 0.2) is 218 Å². The van der Waals surface area contributed by atoms with Crippen LogP contribution in [0.5, 0.6) is 0 Å². The zero-order valence-electron chi connectivity index (χ0n) is 58.4. The quantitative estimate of drug-likeness (QED) is 0.0375. The van der Waals surface area contributed by atoms with Gasteiger partial charge in [0.2, 0.25) is 0 Å². The molecular weight excluding hydrogens is 1160 g/mol. The van der Waals surface area contributed by atoms with Crippen LogP contribution in [0.3, 0.4) is 0 Å². The predicted octanol–water partition coefficient (Wildman–Crippen LogP) is 27.9. The summed E-state index contributed by atoms with van der Waals surface area (Å²) < 4.78 is 10.6. The fraction of sp³-hybridized carbons (Fsp3) is 0.348. The van der Waals surface area contributed by atoms with Gasteiger partial charge in [-0.3, -0.25) is 0 Å². The molecule has 0 fully saturated rings. The minimum atomic E-state index is 1.06. The molecule has 0 unspecified atom stereocenters. The molecule has 0 N–H and O–H groups in total. The lowest BCUT2D eigenvalue weighted by molar-refractivity contribution is 0.570. The van der Waals surface area contributed by atoms with Crippen LogP contribution >= 0.6 is 0 Å². The molecule has 0 aliphatic carbocycles. The van der Waals surface area contributed by atoms with Crippen molar-refractivity contribution in [2.45, 2.75) is 208 Å². The fourth-order valence-corrected chi connectivity index (χ4v) is 15.8. The maximum atomic E-state index is 2.64. The topological polar surface area (TPSA) is 19.7 Å². The van der Waals surface area contributed by atoms with Gasteiger partial charge in [0.15, 0.2) is 0 Å². The summed E-state index contributed by atoms with van der Waals surface area (Å²) in [6.45, 7) is 13.4.